The smallest absolute Gasteiger partial charge is 0.0192 e. The van der Waals surface area contributed by atoms with Crippen LogP contribution in [0.2, 0.25) is 0 Å². The maximum atomic E-state index is 3.60. The fourth-order valence-corrected chi connectivity index (χ4v) is 2.49. The van der Waals surface area contributed by atoms with Crippen LogP contribution < -0.4 is 5.32 Å². The summed E-state index contributed by atoms with van der Waals surface area (Å²) in [4.78, 5) is 2.65. The highest BCUT2D eigenvalue weighted by atomic mass is 15.2. The van der Waals surface area contributed by atoms with Gasteiger partial charge in [-0.25, -0.2) is 0 Å². The van der Waals surface area contributed by atoms with Crippen molar-refractivity contribution in [1.29, 1.82) is 0 Å². The van der Waals surface area contributed by atoms with Gasteiger partial charge >= 0.3 is 0 Å². The van der Waals surface area contributed by atoms with Gasteiger partial charge in [-0.15, -0.1) is 0 Å². The Morgan fingerprint density at radius 1 is 1.38 bits per heavy atom. The minimum Gasteiger partial charge on any atom is -0.311 e. The molecule has 1 aliphatic heterocycles. The summed E-state index contributed by atoms with van der Waals surface area (Å²) in [5, 5.41) is 3.60. The fourth-order valence-electron chi connectivity index (χ4n) is 2.49. The lowest BCUT2D eigenvalue weighted by molar-refractivity contribution is 0.227. The molecule has 16 heavy (non-hydrogen) atoms. The van der Waals surface area contributed by atoms with E-state index in [-0.39, 0.29) is 5.54 Å². The normalized spacial score (nSPS) is 24.9. The van der Waals surface area contributed by atoms with E-state index in [2.05, 4.69) is 44.8 Å². The van der Waals surface area contributed by atoms with E-state index in [1.54, 1.807) is 0 Å². The van der Waals surface area contributed by atoms with Crippen LogP contribution in [0, 0.1) is 5.92 Å². The van der Waals surface area contributed by atoms with Gasteiger partial charge in [0.2, 0.25) is 0 Å². The molecule has 0 spiro atoms. The fraction of sp³-hybridized carbons (Fsp3) is 1.00. The molecule has 0 saturated carbocycles. The van der Waals surface area contributed by atoms with Crippen molar-refractivity contribution in [2.24, 2.45) is 5.92 Å². The van der Waals surface area contributed by atoms with Crippen LogP contribution in [0.25, 0.3) is 0 Å². The summed E-state index contributed by atoms with van der Waals surface area (Å²) in [5.41, 5.74) is 0.247. The van der Waals surface area contributed by atoms with Crippen LogP contribution in [0.5, 0.6) is 0 Å². The first kappa shape index (κ1) is 14.0. The second-order valence-corrected chi connectivity index (χ2v) is 6.42. The Balaban J connectivity index is 2.25. The van der Waals surface area contributed by atoms with Gasteiger partial charge in [0.15, 0.2) is 0 Å². The third-order valence-electron chi connectivity index (χ3n) is 3.57. The van der Waals surface area contributed by atoms with Crippen molar-refractivity contribution in [3.8, 4) is 0 Å². The molecule has 1 N–H and O–H groups in total. The van der Waals surface area contributed by atoms with E-state index in [0.29, 0.717) is 6.04 Å². The van der Waals surface area contributed by atoms with Crippen LogP contribution in [0.15, 0.2) is 0 Å². The van der Waals surface area contributed by atoms with Crippen LogP contribution in [0.3, 0.4) is 0 Å². The van der Waals surface area contributed by atoms with E-state index in [1.807, 2.05) is 0 Å². The average molecular weight is 226 g/mol. The van der Waals surface area contributed by atoms with Gasteiger partial charge in [-0.05, 0) is 53.0 Å². The highest BCUT2D eigenvalue weighted by Crippen LogP contribution is 2.22. The molecule has 1 rings (SSSR count). The van der Waals surface area contributed by atoms with Gasteiger partial charge in [0.1, 0.15) is 0 Å². The lowest BCUT2D eigenvalue weighted by Crippen LogP contribution is -2.45. The molecular weight excluding hydrogens is 196 g/mol. The number of hydrogen-bond acceptors (Lipinski definition) is 2. The van der Waals surface area contributed by atoms with Gasteiger partial charge in [0.05, 0.1) is 0 Å². The maximum absolute atomic E-state index is 3.60. The van der Waals surface area contributed by atoms with E-state index >= 15 is 0 Å². The second kappa shape index (κ2) is 6.02. The summed E-state index contributed by atoms with van der Waals surface area (Å²) in [6, 6.07) is 0.682. The van der Waals surface area contributed by atoms with Crippen LogP contribution in [-0.4, -0.2) is 36.1 Å². The van der Waals surface area contributed by atoms with E-state index in [9.17, 15) is 0 Å². The Morgan fingerprint density at radius 3 is 2.62 bits per heavy atom. The molecule has 0 bridgehead atoms. The van der Waals surface area contributed by atoms with E-state index < -0.39 is 0 Å². The van der Waals surface area contributed by atoms with Crippen molar-refractivity contribution in [3.05, 3.63) is 0 Å². The molecule has 2 atom stereocenters. The summed E-state index contributed by atoms with van der Waals surface area (Å²) >= 11 is 0. The lowest BCUT2D eigenvalue weighted by Gasteiger charge is -2.29. The molecule has 0 aliphatic carbocycles. The zero-order chi connectivity index (χ0) is 12.2. The lowest BCUT2D eigenvalue weighted by atomic mass is 10.0. The predicted octanol–water partition coefficient (Wildman–Crippen LogP) is 2.89. The molecule has 1 saturated heterocycles. The molecule has 1 fully saturated rings. The van der Waals surface area contributed by atoms with Gasteiger partial charge in [-0.1, -0.05) is 13.3 Å². The molecule has 1 aliphatic rings. The number of nitrogens with one attached hydrogen (secondary N) is 1. The van der Waals surface area contributed by atoms with Crippen molar-refractivity contribution in [1.82, 2.24) is 10.2 Å². The average Bonchev–Trinajstić information content (AvgIpc) is 2.62. The molecule has 0 aromatic rings. The topological polar surface area (TPSA) is 15.3 Å². The first-order valence-electron chi connectivity index (χ1n) is 6.91. The molecule has 0 amide bonds. The first-order valence-corrected chi connectivity index (χ1v) is 6.91. The Morgan fingerprint density at radius 2 is 2.06 bits per heavy atom. The highest BCUT2D eigenvalue weighted by Gasteiger charge is 2.25. The number of hydrogen-bond donors (Lipinski definition) is 1. The Bertz CT molecular complexity index is 195. The van der Waals surface area contributed by atoms with Crippen molar-refractivity contribution in [2.75, 3.05) is 19.6 Å². The molecule has 0 radical (unpaired) electrons. The minimum atomic E-state index is 0.247. The van der Waals surface area contributed by atoms with Crippen molar-refractivity contribution in [2.45, 2.75) is 65.5 Å². The highest BCUT2D eigenvalue weighted by molar-refractivity contribution is 4.82. The van der Waals surface area contributed by atoms with Crippen molar-refractivity contribution in [3.63, 3.8) is 0 Å². The quantitative estimate of drug-likeness (QED) is 0.775. The van der Waals surface area contributed by atoms with Crippen LogP contribution >= 0.6 is 0 Å². The molecule has 2 unspecified atom stereocenters. The van der Waals surface area contributed by atoms with E-state index in [0.717, 1.165) is 12.5 Å². The number of nitrogens with zero attached hydrogens (tertiary/aromatic N) is 1. The third-order valence-corrected chi connectivity index (χ3v) is 3.57. The summed E-state index contributed by atoms with van der Waals surface area (Å²) in [6.07, 6.45) is 4.16. The largest absolute Gasteiger partial charge is 0.311 e. The third kappa shape index (κ3) is 4.84. The van der Waals surface area contributed by atoms with Crippen molar-refractivity contribution < 1.29 is 0 Å². The van der Waals surface area contributed by atoms with Gasteiger partial charge in [-0.3, -0.25) is 4.90 Å². The molecular formula is C14H30N2. The molecule has 1 heterocycles. The SMILES string of the molecule is CCCC1CCN(C(C)CNC(C)(C)C)C1. The molecule has 0 aromatic carbocycles. The monoisotopic (exact) mass is 226 g/mol. The van der Waals surface area contributed by atoms with Crippen LogP contribution in [0.4, 0.5) is 0 Å². The zero-order valence-electron chi connectivity index (χ0n) is 11.8. The standard InChI is InChI=1S/C14H30N2/c1-6-7-13-8-9-16(11-13)12(2)10-15-14(3,4)5/h12-13,15H,6-11H2,1-5H3. The van der Waals surface area contributed by atoms with Gasteiger partial charge in [-0.2, -0.15) is 0 Å². The Labute approximate surface area is 102 Å². The molecule has 2 heteroatoms. The minimum absolute atomic E-state index is 0.247. The molecule has 0 aromatic heterocycles. The number of likely N-dealkylation sites (tertiary alicyclic amines) is 1. The first-order chi connectivity index (χ1) is 7.42. The molecule has 96 valence electrons. The van der Waals surface area contributed by atoms with E-state index in [4.69, 9.17) is 0 Å². The predicted molar refractivity (Wildman–Crippen MR) is 71.8 cm³/mol. The summed E-state index contributed by atoms with van der Waals surface area (Å²) in [7, 11) is 0. The maximum Gasteiger partial charge on any atom is 0.0192 e. The van der Waals surface area contributed by atoms with Gasteiger partial charge in [0.25, 0.3) is 0 Å². The van der Waals surface area contributed by atoms with E-state index in [1.165, 1.54) is 32.4 Å². The summed E-state index contributed by atoms with van der Waals surface area (Å²) in [6.45, 7) is 15.1. The molecule has 2 nitrogen and oxygen atoms in total. The van der Waals surface area contributed by atoms with Gasteiger partial charge in [0, 0.05) is 24.7 Å². The Kier molecular flexibility index (Phi) is 5.26. The van der Waals surface area contributed by atoms with Crippen molar-refractivity contribution >= 4 is 0 Å². The summed E-state index contributed by atoms with van der Waals surface area (Å²) < 4.78 is 0. The summed E-state index contributed by atoms with van der Waals surface area (Å²) in [5.74, 6) is 0.960. The van der Waals surface area contributed by atoms with Crippen LogP contribution in [0.1, 0.15) is 53.9 Å². The zero-order valence-corrected chi connectivity index (χ0v) is 11.8. The Hall–Kier alpha value is -0.0800. The number of rotatable bonds is 5. The van der Waals surface area contributed by atoms with Gasteiger partial charge < -0.3 is 5.32 Å². The van der Waals surface area contributed by atoms with Crippen LogP contribution in [-0.2, 0) is 0 Å². The second-order valence-electron chi connectivity index (χ2n) is 6.42.